The summed E-state index contributed by atoms with van der Waals surface area (Å²) < 4.78 is 3.50. The van der Waals surface area contributed by atoms with E-state index in [0.29, 0.717) is 12.3 Å². The van der Waals surface area contributed by atoms with Crippen LogP contribution in [0.4, 0.5) is 0 Å². The molecule has 0 aliphatic heterocycles. The van der Waals surface area contributed by atoms with Crippen molar-refractivity contribution in [2.75, 3.05) is 0 Å². The van der Waals surface area contributed by atoms with E-state index in [9.17, 15) is 4.79 Å². The fourth-order valence-electron chi connectivity index (χ4n) is 1.17. The van der Waals surface area contributed by atoms with E-state index < -0.39 is 9.96 Å². The molecule has 7 heteroatoms. The lowest BCUT2D eigenvalue weighted by atomic mass is 10.2. The minimum Gasteiger partial charge on any atom is -0.468 e. The number of alkyl halides is 3. The lowest BCUT2D eigenvalue weighted by molar-refractivity contribution is -0.124. The summed E-state index contributed by atoms with van der Waals surface area (Å²) in [6, 6.07) is 3.54. The van der Waals surface area contributed by atoms with Gasteiger partial charge in [-0.3, -0.25) is 10.1 Å². The van der Waals surface area contributed by atoms with Crippen molar-refractivity contribution in [1.29, 1.82) is 0 Å². The van der Waals surface area contributed by atoms with Gasteiger partial charge in [0.15, 0.2) is 0 Å². The monoisotopic (exact) mass is 312 g/mol. The Hall–Kier alpha value is -0.420. The molecular formula is C11H15Cl3N2O2. The van der Waals surface area contributed by atoms with Gasteiger partial charge in [0.05, 0.1) is 12.8 Å². The summed E-state index contributed by atoms with van der Waals surface area (Å²) in [6.07, 6.45) is 0.760. The SMILES string of the molecule is CC(C)C(=O)NC(NCc1ccco1)C(Cl)(Cl)Cl. The first kappa shape index (κ1) is 15.6. The molecule has 102 valence electrons. The zero-order valence-corrected chi connectivity index (χ0v) is 12.3. The Kier molecular flexibility index (Phi) is 5.79. The maximum atomic E-state index is 11.6. The molecule has 1 aromatic rings. The second kappa shape index (κ2) is 6.66. The van der Waals surface area contributed by atoms with Crippen molar-refractivity contribution in [2.24, 2.45) is 5.92 Å². The summed E-state index contributed by atoms with van der Waals surface area (Å²) in [5.74, 6) is 0.302. The van der Waals surface area contributed by atoms with Crippen molar-refractivity contribution in [2.45, 2.75) is 30.4 Å². The predicted molar refractivity (Wildman–Crippen MR) is 72.6 cm³/mol. The first-order chi connectivity index (χ1) is 8.30. The van der Waals surface area contributed by atoms with Gasteiger partial charge in [-0.1, -0.05) is 48.7 Å². The first-order valence-corrected chi connectivity index (χ1v) is 6.57. The standard InChI is InChI=1S/C11H15Cl3N2O2/c1-7(2)9(17)16-10(11(12,13)14)15-6-8-4-3-5-18-8/h3-5,7,10,15H,6H2,1-2H3,(H,16,17). The third-order valence-corrected chi connectivity index (χ3v) is 2.85. The normalized spacial score (nSPS) is 13.7. The van der Waals surface area contributed by atoms with Crippen LogP contribution in [0.25, 0.3) is 0 Å². The van der Waals surface area contributed by atoms with E-state index >= 15 is 0 Å². The van der Waals surface area contributed by atoms with Gasteiger partial charge in [0.25, 0.3) is 0 Å². The molecule has 0 spiro atoms. The van der Waals surface area contributed by atoms with Gasteiger partial charge < -0.3 is 9.73 Å². The Morgan fingerprint density at radius 3 is 2.56 bits per heavy atom. The molecule has 0 aromatic carbocycles. The number of carbonyl (C=O) groups excluding carboxylic acids is 1. The molecule has 0 fully saturated rings. The summed E-state index contributed by atoms with van der Waals surface area (Å²) in [5.41, 5.74) is 0. The van der Waals surface area contributed by atoms with E-state index in [1.807, 2.05) is 0 Å². The van der Waals surface area contributed by atoms with Gasteiger partial charge >= 0.3 is 0 Å². The van der Waals surface area contributed by atoms with E-state index in [1.165, 1.54) is 0 Å². The Morgan fingerprint density at radius 2 is 2.11 bits per heavy atom. The van der Waals surface area contributed by atoms with Crippen molar-refractivity contribution in [1.82, 2.24) is 10.6 Å². The van der Waals surface area contributed by atoms with E-state index in [2.05, 4.69) is 10.6 Å². The molecule has 1 aromatic heterocycles. The number of carbonyl (C=O) groups is 1. The van der Waals surface area contributed by atoms with Gasteiger partial charge in [-0.2, -0.15) is 0 Å². The van der Waals surface area contributed by atoms with Gasteiger partial charge in [-0.05, 0) is 12.1 Å². The molecule has 0 saturated carbocycles. The minimum absolute atomic E-state index is 0.190. The second-order valence-electron chi connectivity index (χ2n) is 4.10. The third kappa shape index (κ3) is 5.06. The third-order valence-electron chi connectivity index (χ3n) is 2.20. The van der Waals surface area contributed by atoms with E-state index in [4.69, 9.17) is 39.2 Å². The van der Waals surface area contributed by atoms with Gasteiger partial charge in [0.1, 0.15) is 11.9 Å². The maximum Gasteiger partial charge on any atom is 0.223 e. The Bertz CT molecular complexity index is 374. The molecule has 0 radical (unpaired) electrons. The molecule has 1 rings (SSSR count). The van der Waals surface area contributed by atoms with E-state index in [0.717, 1.165) is 0 Å². The fraction of sp³-hybridized carbons (Fsp3) is 0.545. The Labute approximate surface area is 121 Å². The van der Waals surface area contributed by atoms with Crippen LogP contribution in [-0.4, -0.2) is 15.9 Å². The average Bonchev–Trinajstić information content (AvgIpc) is 2.74. The molecule has 18 heavy (non-hydrogen) atoms. The highest BCUT2D eigenvalue weighted by molar-refractivity contribution is 6.68. The summed E-state index contributed by atoms with van der Waals surface area (Å²) in [5, 5.41) is 5.56. The van der Waals surface area contributed by atoms with Crippen molar-refractivity contribution in [3.8, 4) is 0 Å². The van der Waals surface area contributed by atoms with Crippen molar-refractivity contribution < 1.29 is 9.21 Å². The largest absolute Gasteiger partial charge is 0.468 e. The average molecular weight is 314 g/mol. The number of hydrogen-bond donors (Lipinski definition) is 2. The molecule has 0 bridgehead atoms. The van der Waals surface area contributed by atoms with Crippen LogP contribution in [0.15, 0.2) is 22.8 Å². The molecule has 0 aliphatic carbocycles. The van der Waals surface area contributed by atoms with E-state index in [-0.39, 0.29) is 11.8 Å². The number of hydrogen-bond acceptors (Lipinski definition) is 3. The highest BCUT2D eigenvalue weighted by Gasteiger charge is 2.34. The highest BCUT2D eigenvalue weighted by atomic mass is 35.6. The van der Waals surface area contributed by atoms with Crippen LogP contribution in [0.5, 0.6) is 0 Å². The number of halogens is 3. The predicted octanol–water partition coefficient (Wildman–Crippen LogP) is 2.84. The first-order valence-electron chi connectivity index (χ1n) is 5.43. The summed E-state index contributed by atoms with van der Waals surface area (Å²) in [7, 11) is 0. The molecule has 4 nitrogen and oxygen atoms in total. The van der Waals surface area contributed by atoms with E-state index in [1.54, 1.807) is 32.2 Å². The molecular weight excluding hydrogens is 298 g/mol. The van der Waals surface area contributed by atoms with Crippen molar-refractivity contribution in [3.63, 3.8) is 0 Å². The lowest BCUT2D eigenvalue weighted by Crippen LogP contribution is -2.53. The topological polar surface area (TPSA) is 54.3 Å². The maximum absolute atomic E-state index is 11.6. The summed E-state index contributed by atoms with van der Waals surface area (Å²) in [4.78, 5) is 11.6. The quantitative estimate of drug-likeness (QED) is 0.649. The molecule has 1 amide bonds. The molecule has 1 heterocycles. The molecule has 1 atom stereocenters. The van der Waals surface area contributed by atoms with Crippen LogP contribution in [0.1, 0.15) is 19.6 Å². The minimum atomic E-state index is -1.64. The second-order valence-corrected chi connectivity index (χ2v) is 6.47. The number of furan rings is 1. The lowest BCUT2D eigenvalue weighted by Gasteiger charge is -2.27. The van der Waals surface area contributed by atoms with Crippen LogP contribution < -0.4 is 10.6 Å². The van der Waals surface area contributed by atoms with Crippen LogP contribution in [0, 0.1) is 5.92 Å². The highest BCUT2D eigenvalue weighted by Crippen LogP contribution is 2.29. The van der Waals surface area contributed by atoms with Gasteiger partial charge in [0.2, 0.25) is 9.70 Å². The fourth-order valence-corrected chi connectivity index (χ4v) is 1.57. The summed E-state index contributed by atoms with van der Waals surface area (Å²) >= 11 is 17.4. The van der Waals surface area contributed by atoms with Crippen LogP contribution >= 0.6 is 34.8 Å². The van der Waals surface area contributed by atoms with Gasteiger partial charge in [0, 0.05) is 5.92 Å². The zero-order valence-electron chi connectivity index (χ0n) is 10.0. The zero-order chi connectivity index (χ0) is 13.8. The van der Waals surface area contributed by atoms with Crippen LogP contribution in [0.3, 0.4) is 0 Å². The Balaban J connectivity index is 2.59. The number of amides is 1. The molecule has 1 unspecified atom stereocenters. The smallest absolute Gasteiger partial charge is 0.223 e. The molecule has 0 saturated heterocycles. The number of rotatable bonds is 5. The van der Waals surface area contributed by atoms with Gasteiger partial charge in [-0.25, -0.2) is 0 Å². The van der Waals surface area contributed by atoms with Crippen molar-refractivity contribution in [3.05, 3.63) is 24.2 Å². The Morgan fingerprint density at radius 1 is 1.44 bits per heavy atom. The number of nitrogens with one attached hydrogen (secondary N) is 2. The van der Waals surface area contributed by atoms with Gasteiger partial charge in [-0.15, -0.1) is 0 Å². The van der Waals surface area contributed by atoms with Crippen molar-refractivity contribution >= 4 is 40.7 Å². The molecule has 0 aliphatic rings. The molecule has 2 N–H and O–H groups in total. The van der Waals surface area contributed by atoms with Crippen LogP contribution in [-0.2, 0) is 11.3 Å². The summed E-state index contributed by atoms with van der Waals surface area (Å²) in [6.45, 7) is 3.87. The van der Waals surface area contributed by atoms with Crippen LogP contribution in [0.2, 0.25) is 0 Å².